The molecule has 0 aliphatic rings. The molecule has 2 aromatic carbocycles. The number of amides is 1. The monoisotopic (exact) mass is 569 g/mol. The molecular weight excluding hydrogens is 533 g/mol. The number of rotatable bonds is 11. The highest BCUT2D eigenvalue weighted by Crippen LogP contribution is 2.40. The Morgan fingerprint density at radius 2 is 1.75 bits per heavy atom. The van der Waals surface area contributed by atoms with Crippen LogP contribution >= 0.6 is 0 Å². The Bertz CT molecular complexity index is 1220. The topological polar surface area (TPSA) is 64.6 Å². The minimum absolute atomic E-state index is 0.0295. The number of aryl methyl sites for hydroxylation is 2. The second kappa shape index (κ2) is 13.8. The molecule has 10 heteroatoms. The first-order valence-corrected chi connectivity index (χ1v) is 13.0. The van der Waals surface area contributed by atoms with Gasteiger partial charge in [-0.15, -0.1) is 6.58 Å². The van der Waals surface area contributed by atoms with E-state index in [1.165, 1.54) is 19.9 Å². The summed E-state index contributed by atoms with van der Waals surface area (Å²) in [5.74, 6) is -2.54. The Morgan fingerprint density at radius 1 is 1.07 bits per heavy atom. The van der Waals surface area contributed by atoms with Gasteiger partial charge in [-0.05, 0) is 101 Å². The maximum Gasteiger partial charge on any atom is 0.416 e. The van der Waals surface area contributed by atoms with Gasteiger partial charge in [-0.2, -0.15) is 13.2 Å². The lowest BCUT2D eigenvalue weighted by atomic mass is 9.88. The Balaban J connectivity index is 2.77. The van der Waals surface area contributed by atoms with E-state index < -0.39 is 64.6 Å². The van der Waals surface area contributed by atoms with Crippen molar-refractivity contribution in [3.8, 4) is 11.1 Å². The molecular formula is C30H36F5NO4. The summed E-state index contributed by atoms with van der Waals surface area (Å²) in [5, 5.41) is 2.33. The van der Waals surface area contributed by atoms with E-state index in [0.29, 0.717) is 37.0 Å². The lowest BCUT2D eigenvalue weighted by Crippen LogP contribution is -2.36. The number of alkyl halides is 3. The van der Waals surface area contributed by atoms with Gasteiger partial charge in [0.2, 0.25) is 0 Å². The number of alkyl carbamates (subject to hydrolysis) is 1. The van der Waals surface area contributed by atoms with Gasteiger partial charge in [-0.1, -0.05) is 6.08 Å². The number of benzene rings is 2. The van der Waals surface area contributed by atoms with Crippen LogP contribution in [0.3, 0.4) is 0 Å². The first-order chi connectivity index (χ1) is 18.6. The van der Waals surface area contributed by atoms with Crippen molar-refractivity contribution < 1.29 is 41.0 Å². The number of carbonyl (C=O) groups excluding carboxylic acids is 2. The average molecular weight is 570 g/mol. The molecule has 0 saturated carbocycles. The van der Waals surface area contributed by atoms with Crippen LogP contribution < -0.4 is 5.32 Å². The minimum Gasteiger partial charge on any atom is -0.466 e. The third-order valence-electron chi connectivity index (χ3n) is 5.93. The number of hydrogen-bond acceptors (Lipinski definition) is 4. The highest BCUT2D eigenvalue weighted by atomic mass is 19.4. The number of unbranched alkanes of at least 4 members (excludes halogenated alkanes) is 2. The van der Waals surface area contributed by atoms with Gasteiger partial charge in [0.15, 0.2) is 0 Å². The number of carbonyl (C=O) groups is 2. The number of ether oxygens (including phenoxy) is 2. The van der Waals surface area contributed by atoms with Crippen molar-refractivity contribution in [1.82, 2.24) is 5.32 Å². The van der Waals surface area contributed by atoms with Gasteiger partial charge in [-0.3, -0.25) is 4.79 Å². The SMILES string of the molecule is C=CCCCCc1cc(F)cc(C)c1-c1cc(C(F)(F)F)cc([C@H](CC(=O)OCC)NC(=O)OC(C)(C)C)c1F. The van der Waals surface area contributed by atoms with E-state index in [-0.39, 0.29) is 24.2 Å². The lowest BCUT2D eigenvalue weighted by molar-refractivity contribution is -0.143. The molecule has 0 aromatic heterocycles. The summed E-state index contributed by atoms with van der Waals surface area (Å²) in [7, 11) is 0. The van der Waals surface area contributed by atoms with Crippen LogP contribution in [0.2, 0.25) is 0 Å². The molecule has 2 rings (SSSR count). The van der Waals surface area contributed by atoms with Crippen LogP contribution in [0.4, 0.5) is 26.7 Å². The molecule has 0 saturated heterocycles. The Morgan fingerprint density at radius 3 is 2.33 bits per heavy atom. The Labute approximate surface area is 231 Å². The van der Waals surface area contributed by atoms with Gasteiger partial charge in [0.25, 0.3) is 0 Å². The average Bonchev–Trinajstić information content (AvgIpc) is 2.80. The fraction of sp³-hybridized carbons (Fsp3) is 0.467. The largest absolute Gasteiger partial charge is 0.466 e. The zero-order valence-corrected chi connectivity index (χ0v) is 23.4. The zero-order valence-electron chi connectivity index (χ0n) is 23.4. The molecule has 1 atom stereocenters. The summed E-state index contributed by atoms with van der Waals surface area (Å²) in [5.41, 5.74) is -2.46. The first kappa shape index (κ1) is 32.8. The molecule has 0 spiro atoms. The molecule has 0 heterocycles. The Kier molecular flexibility index (Phi) is 11.3. The summed E-state index contributed by atoms with van der Waals surface area (Å²) in [6.07, 6.45) is -2.62. The predicted octanol–water partition coefficient (Wildman–Crippen LogP) is 8.38. The molecule has 0 bridgehead atoms. The summed E-state index contributed by atoms with van der Waals surface area (Å²) in [6, 6.07) is 1.98. The lowest BCUT2D eigenvalue weighted by Gasteiger charge is -2.25. The smallest absolute Gasteiger partial charge is 0.416 e. The van der Waals surface area contributed by atoms with Crippen LogP contribution in [-0.2, 0) is 26.9 Å². The summed E-state index contributed by atoms with van der Waals surface area (Å²) in [6.45, 7) is 11.4. The van der Waals surface area contributed by atoms with E-state index in [1.54, 1.807) is 26.8 Å². The standard InChI is InChI=1S/C30H36F5NO4/c1-7-9-10-11-12-19-14-21(31)13-18(3)26(19)23-16-20(30(33,34)35)15-22(27(23)32)24(17-25(37)39-8-2)36-28(38)40-29(4,5)6/h7,13-16,24H,1,8-12,17H2,2-6H3,(H,36,38)/t24-/m0/s1. The van der Waals surface area contributed by atoms with Crippen LogP contribution in [0.15, 0.2) is 36.9 Å². The van der Waals surface area contributed by atoms with Crippen molar-refractivity contribution in [2.75, 3.05) is 6.61 Å². The predicted molar refractivity (Wildman–Crippen MR) is 143 cm³/mol. The quantitative estimate of drug-likeness (QED) is 0.128. The third-order valence-corrected chi connectivity index (χ3v) is 5.93. The minimum atomic E-state index is -4.89. The van der Waals surface area contributed by atoms with Crippen LogP contribution in [-0.4, -0.2) is 24.3 Å². The van der Waals surface area contributed by atoms with E-state index in [0.717, 1.165) is 6.07 Å². The van der Waals surface area contributed by atoms with Crippen molar-refractivity contribution in [2.24, 2.45) is 0 Å². The van der Waals surface area contributed by atoms with Crippen molar-refractivity contribution >= 4 is 12.1 Å². The normalized spacial score (nSPS) is 12.6. The van der Waals surface area contributed by atoms with Crippen molar-refractivity contribution in [3.05, 3.63) is 70.8 Å². The van der Waals surface area contributed by atoms with Crippen LogP contribution in [0.5, 0.6) is 0 Å². The number of allylic oxidation sites excluding steroid dienone is 1. The van der Waals surface area contributed by atoms with Crippen molar-refractivity contribution in [2.45, 2.75) is 84.5 Å². The molecule has 0 fully saturated rings. The fourth-order valence-corrected chi connectivity index (χ4v) is 4.32. The van der Waals surface area contributed by atoms with Gasteiger partial charge in [-0.25, -0.2) is 13.6 Å². The van der Waals surface area contributed by atoms with Gasteiger partial charge in [0.1, 0.15) is 17.2 Å². The van der Waals surface area contributed by atoms with Crippen LogP contribution in [0.1, 0.15) is 81.7 Å². The second-order valence-electron chi connectivity index (χ2n) is 10.4. The molecule has 1 amide bonds. The summed E-state index contributed by atoms with van der Waals surface area (Å²) >= 11 is 0. The van der Waals surface area contributed by atoms with E-state index in [2.05, 4.69) is 11.9 Å². The first-order valence-electron chi connectivity index (χ1n) is 13.0. The highest BCUT2D eigenvalue weighted by molar-refractivity contribution is 5.76. The number of esters is 1. The van der Waals surface area contributed by atoms with Crippen molar-refractivity contribution in [3.63, 3.8) is 0 Å². The molecule has 2 aromatic rings. The molecule has 40 heavy (non-hydrogen) atoms. The van der Waals surface area contributed by atoms with Crippen molar-refractivity contribution in [1.29, 1.82) is 0 Å². The number of hydrogen-bond donors (Lipinski definition) is 1. The van der Waals surface area contributed by atoms with Gasteiger partial charge < -0.3 is 14.8 Å². The zero-order chi connectivity index (χ0) is 30.3. The summed E-state index contributed by atoms with van der Waals surface area (Å²) in [4.78, 5) is 24.9. The molecule has 0 aliphatic heterocycles. The molecule has 1 N–H and O–H groups in total. The van der Waals surface area contributed by atoms with Crippen LogP contribution in [0, 0.1) is 18.6 Å². The molecule has 220 valence electrons. The van der Waals surface area contributed by atoms with E-state index >= 15 is 4.39 Å². The van der Waals surface area contributed by atoms with Gasteiger partial charge in [0.05, 0.1) is 24.6 Å². The van der Waals surface area contributed by atoms with Crippen LogP contribution in [0.25, 0.3) is 11.1 Å². The second-order valence-corrected chi connectivity index (χ2v) is 10.4. The summed E-state index contributed by atoms with van der Waals surface area (Å²) < 4.78 is 83.0. The van der Waals surface area contributed by atoms with Gasteiger partial charge >= 0.3 is 18.2 Å². The van der Waals surface area contributed by atoms with E-state index in [1.807, 2.05) is 0 Å². The Hall–Kier alpha value is -3.43. The number of nitrogens with one attached hydrogen (secondary N) is 1. The van der Waals surface area contributed by atoms with E-state index in [9.17, 15) is 27.2 Å². The maximum atomic E-state index is 16.3. The maximum absolute atomic E-state index is 16.3. The molecule has 5 nitrogen and oxygen atoms in total. The molecule has 0 aliphatic carbocycles. The fourth-order valence-electron chi connectivity index (χ4n) is 4.32. The number of halogens is 5. The highest BCUT2D eigenvalue weighted by Gasteiger charge is 2.35. The molecule has 0 unspecified atom stereocenters. The van der Waals surface area contributed by atoms with Gasteiger partial charge in [0, 0.05) is 11.1 Å². The molecule has 0 radical (unpaired) electrons. The third kappa shape index (κ3) is 9.34. The van der Waals surface area contributed by atoms with E-state index in [4.69, 9.17) is 9.47 Å².